The maximum absolute atomic E-state index is 4.59. The summed E-state index contributed by atoms with van der Waals surface area (Å²) >= 11 is 6.68. The van der Waals surface area contributed by atoms with Crippen LogP contribution < -0.4 is 0 Å². The van der Waals surface area contributed by atoms with Crippen LogP contribution in [0.25, 0.3) is 0 Å². The van der Waals surface area contributed by atoms with Crippen LogP contribution in [0.4, 0.5) is 0 Å². The molecule has 0 fully saturated rings. The van der Waals surface area contributed by atoms with Gasteiger partial charge in [-0.05, 0) is 24.0 Å². The van der Waals surface area contributed by atoms with E-state index in [1.807, 2.05) is 0 Å². The Hall–Kier alpha value is 0.700. The molecule has 92 valence electrons. The van der Waals surface area contributed by atoms with Gasteiger partial charge in [0.05, 0.1) is 0 Å². The van der Waals surface area contributed by atoms with Gasteiger partial charge >= 0.3 is 0 Å². The van der Waals surface area contributed by atoms with Crippen LogP contribution in [0.5, 0.6) is 0 Å². The lowest BCUT2D eigenvalue weighted by atomic mass is 9.83. The molecule has 0 rings (SSSR count). The molecule has 0 aliphatic rings. The minimum atomic E-state index is 0.385. The lowest BCUT2D eigenvalue weighted by molar-refractivity contribution is 0.317. The van der Waals surface area contributed by atoms with Gasteiger partial charge in [-0.2, -0.15) is 24.4 Å². The first-order chi connectivity index (χ1) is 6.89. The summed E-state index contributed by atoms with van der Waals surface area (Å²) in [6.07, 6.45) is 5.22. The first-order valence-corrected chi connectivity index (χ1v) is 7.76. The highest BCUT2D eigenvalue weighted by molar-refractivity contribution is 8.00. The Labute approximate surface area is 106 Å². The Kier molecular flexibility index (Phi) is 7.44. The van der Waals surface area contributed by atoms with Gasteiger partial charge in [-0.15, -0.1) is 0 Å². The summed E-state index contributed by atoms with van der Waals surface area (Å²) in [6.45, 7) is 11.5. The Morgan fingerprint density at radius 2 is 1.47 bits per heavy atom. The van der Waals surface area contributed by atoms with E-state index in [-0.39, 0.29) is 0 Å². The molecule has 0 N–H and O–H groups in total. The summed E-state index contributed by atoms with van der Waals surface area (Å²) in [5, 5.41) is 0. The molecular weight excluding hydrogens is 220 g/mol. The number of thiol groups is 1. The van der Waals surface area contributed by atoms with Crippen molar-refractivity contribution >= 4 is 24.4 Å². The van der Waals surface area contributed by atoms with Crippen LogP contribution >= 0.6 is 24.4 Å². The second-order valence-electron chi connectivity index (χ2n) is 5.56. The van der Waals surface area contributed by atoms with E-state index in [0.29, 0.717) is 10.2 Å². The van der Waals surface area contributed by atoms with Gasteiger partial charge in [0.25, 0.3) is 0 Å². The molecule has 0 saturated heterocycles. The summed E-state index contributed by atoms with van der Waals surface area (Å²) < 4.78 is 0.385. The van der Waals surface area contributed by atoms with Crippen LogP contribution in [0.2, 0.25) is 0 Å². The van der Waals surface area contributed by atoms with Crippen molar-refractivity contribution in [1.82, 2.24) is 0 Å². The molecule has 0 aromatic carbocycles. The summed E-state index contributed by atoms with van der Waals surface area (Å²) in [5.74, 6) is 2.30. The van der Waals surface area contributed by atoms with Crippen molar-refractivity contribution in [2.24, 2.45) is 5.41 Å². The van der Waals surface area contributed by atoms with E-state index >= 15 is 0 Å². The van der Waals surface area contributed by atoms with E-state index < -0.39 is 0 Å². The van der Waals surface area contributed by atoms with Crippen molar-refractivity contribution < 1.29 is 0 Å². The molecule has 0 bridgehead atoms. The number of rotatable bonds is 7. The monoisotopic (exact) mass is 248 g/mol. The Bertz CT molecular complexity index is 152. The van der Waals surface area contributed by atoms with Crippen molar-refractivity contribution in [3.8, 4) is 0 Å². The van der Waals surface area contributed by atoms with Gasteiger partial charge in [-0.25, -0.2) is 0 Å². The predicted octanol–water partition coefficient (Wildman–Crippen LogP) is 5.03. The second kappa shape index (κ2) is 7.11. The fourth-order valence-electron chi connectivity index (χ4n) is 1.90. The third-order valence-electron chi connectivity index (χ3n) is 2.71. The quantitative estimate of drug-likeness (QED) is 0.616. The average molecular weight is 249 g/mol. The van der Waals surface area contributed by atoms with Gasteiger partial charge in [-0.3, -0.25) is 0 Å². The molecular formula is C13H28S2. The smallest absolute Gasteiger partial charge is 0.00753 e. The van der Waals surface area contributed by atoms with E-state index in [4.69, 9.17) is 0 Å². The molecule has 15 heavy (non-hydrogen) atoms. The molecule has 0 radical (unpaired) electrons. The van der Waals surface area contributed by atoms with Gasteiger partial charge in [-0.1, -0.05) is 47.5 Å². The minimum Gasteiger partial charge on any atom is -0.179 e. The molecule has 0 aromatic rings. The SMILES string of the molecule is CCCC(CS)(CCC)CSC(C)(C)C. The van der Waals surface area contributed by atoms with Crippen molar-refractivity contribution in [3.05, 3.63) is 0 Å². The molecule has 0 spiro atoms. The molecule has 2 heteroatoms. The molecule has 0 unspecified atom stereocenters. The lowest BCUT2D eigenvalue weighted by Gasteiger charge is -2.34. The largest absolute Gasteiger partial charge is 0.179 e. The average Bonchev–Trinajstić information content (AvgIpc) is 2.14. The fourth-order valence-corrected chi connectivity index (χ4v) is 3.61. The normalized spacial score (nSPS) is 13.2. The molecule has 0 nitrogen and oxygen atoms in total. The van der Waals surface area contributed by atoms with Gasteiger partial charge < -0.3 is 0 Å². The van der Waals surface area contributed by atoms with Crippen molar-refractivity contribution in [1.29, 1.82) is 0 Å². The molecule has 0 atom stereocenters. The summed E-state index contributed by atoms with van der Waals surface area (Å²) in [4.78, 5) is 0. The molecule has 0 amide bonds. The highest BCUT2D eigenvalue weighted by Gasteiger charge is 2.28. The summed E-state index contributed by atoms with van der Waals surface area (Å²) in [6, 6.07) is 0. The van der Waals surface area contributed by atoms with Gasteiger partial charge in [0.15, 0.2) is 0 Å². The summed E-state index contributed by atoms with van der Waals surface area (Å²) in [5.41, 5.74) is 0.477. The summed E-state index contributed by atoms with van der Waals surface area (Å²) in [7, 11) is 0. The topological polar surface area (TPSA) is 0 Å². The van der Waals surface area contributed by atoms with Gasteiger partial charge in [0.2, 0.25) is 0 Å². The Morgan fingerprint density at radius 1 is 1.00 bits per heavy atom. The molecule has 0 aliphatic carbocycles. The molecule has 0 heterocycles. The first-order valence-electron chi connectivity index (χ1n) is 6.14. The van der Waals surface area contributed by atoms with E-state index in [1.54, 1.807) is 0 Å². The van der Waals surface area contributed by atoms with E-state index in [9.17, 15) is 0 Å². The van der Waals surface area contributed by atoms with Crippen molar-refractivity contribution in [2.75, 3.05) is 11.5 Å². The highest BCUT2D eigenvalue weighted by Crippen LogP contribution is 2.38. The zero-order valence-corrected chi connectivity index (χ0v) is 12.8. The maximum Gasteiger partial charge on any atom is 0.00753 e. The third-order valence-corrected chi connectivity index (χ3v) is 5.00. The number of thioether (sulfide) groups is 1. The second-order valence-corrected chi connectivity index (χ2v) is 7.68. The van der Waals surface area contributed by atoms with Crippen molar-refractivity contribution in [2.45, 2.75) is 65.0 Å². The van der Waals surface area contributed by atoms with E-state index in [2.05, 4.69) is 59.0 Å². The van der Waals surface area contributed by atoms with E-state index in [0.717, 1.165) is 5.75 Å². The van der Waals surface area contributed by atoms with Crippen LogP contribution in [0.3, 0.4) is 0 Å². The van der Waals surface area contributed by atoms with Crippen LogP contribution in [0, 0.1) is 5.41 Å². The first kappa shape index (κ1) is 15.7. The zero-order valence-electron chi connectivity index (χ0n) is 11.1. The third kappa shape index (κ3) is 6.78. The number of hydrogen-bond donors (Lipinski definition) is 1. The fraction of sp³-hybridized carbons (Fsp3) is 1.00. The lowest BCUT2D eigenvalue weighted by Crippen LogP contribution is -2.28. The number of hydrogen-bond acceptors (Lipinski definition) is 2. The predicted molar refractivity (Wildman–Crippen MR) is 78.3 cm³/mol. The molecule has 0 aromatic heterocycles. The molecule has 0 aliphatic heterocycles. The van der Waals surface area contributed by atoms with Crippen LogP contribution in [0.15, 0.2) is 0 Å². The van der Waals surface area contributed by atoms with Gasteiger partial charge in [0, 0.05) is 10.5 Å². The highest BCUT2D eigenvalue weighted by atomic mass is 32.2. The van der Waals surface area contributed by atoms with Crippen LogP contribution in [0.1, 0.15) is 60.3 Å². The Balaban J connectivity index is 4.33. The molecule has 0 saturated carbocycles. The zero-order chi connectivity index (χ0) is 11.9. The standard InChI is InChI=1S/C13H28S2/c1-6-8-13(10-14,9-7-2)11-15-12(3,4)5/h14H,6-11H2,1-5H3. The minimum absolute atomic E-state index is 0.385. The van der Waals surface area contributed by atoms with Crippen LogP contribution in [-0.4, -0.2) is 16.3 Å². The Morgan fingerprint density at radius 3 is 1.73 bits per heavy atom. The van der Waals surface area contributed by atoms with Crippen LogP contribution in [-0.2, 0) is 0 Å². The van der Waals surface area contributed by atoms with Gasteiger partial charge in [0.1, 0.15) is 0 Å². The van der Waals surface area contributed by atoms with E-state index in [1.165, 1.54) is 31.4 Å². The van der Waals surface area contributed by atoms with Crippen molar-refractivity contribution in [3.63, 3.8) is 0 Å². The maximum atomic E-state index is 4.59.